The summed E-state index contributed by atoms with van der Waals surface area (Å²) in [5, 5.41) is 18.1. The number of ketones is 1. The van der Waals surface area contributed by atoms with Crippen molar-refractivity contribution in [2.75, 3.05) is 0 Å². The number of hydrogen-bond acceptors (Lipinski definition) is 3. The minimum atomic E-state index is -1.60. The van der Waals surface area contributed by atoms with Gasteiger partial charge in [0.15, 0.2) is 0 Å². The first-order chi connectivity index (χ1) is 9.56. The molecule has 5 heteroatoms. The van der Waals surface area contributed by atoms with Gasteiger partial charge in [0.05, 0.1) is 5.69 Å². The SMILES string of the molecule is O=C(O)C(=O)C=C(O)c1cc(Cc2ccccc2)c[nH]1. The normalized spacial score (nSPS) is 11.3. The van der Waals surface area contributed by atoms with E-state index in [1.54, 1.807) is 12.3 Å². The van der Waals surface area contributed by atoms with Crippen molar-refractivity contribution in [2.24, 2.45) is 0 Å². The smallest absolute Gasteiger partial charge is 0.376 e. The molecule has 0 aliphatic carbocycles. The number of carbonyl (C=O) groups excluding carboxylic acids is 1. The lowest BCUT2D eigenvalue weighted by Crippen LogP contribution is -2.09. The fraction of sp³-hybridized carbons (Fsp3) is 0.0667. The van der Waals surface area contributed by atoms with E-state index in [2.05, 4.69) is 4.98 Å². The molecule has 1 heterocycles. The number of carboxylic acid groups (broad SMARTS) is 1. The molecule has 0 aliphatic heterocycles. The van der Waals surface area contributed by atoms with E-state index in [1.807, 2.05) is 30.3 Å². The third-order valence-electron chi connectivity index (χ3n) is 2.75. The maximum Gasteiger partial charge on any atom is 0.376 e. The Morgan fingerprint density at radius 1 is 1.10 bits per heavy atom. The molecule has 20 heavy (non-hydrogen) atoms. The molecular formula is C15H13NO4. The Hall–Kier alpha value is -2.82. The monoisotopic (exact) mass is 271 g/mol. The second kappa shape index (κ2) is 5.88. The van der Waals surface area contributed by atoms with Gasteiger partial charge in [-0.3, -0.25) is 4.79 Å². The van der Waals surface area contributed by atoms with Crippen molar-refractivity contribution in [3.8, 4) is 0 Å². The topological polar surface area (TPSA) is 90.4 Å². The Balaban J connectivity index is 2.13. The summed E-state index contributed by atoms with van der Waals surface area (Å²) in [5.41, 5.74) is 2.35. The standard InChI is InChI=1S/C15H13NO4/c17-13(8-14(18)15(19)20)12-7-11(9-16-12)6-10-4-2-1-3-5-10/h1-5,7-9,16-17H,6H2,(H,19,20). The summed E-state index contributed by atoms with van der Waals surface area (Å²) >= 11 is 0. The van der Waals surface area contributed by atoms with Crippen LogP contribution in [0.3, 0.4) is 0 Å². The second-order valence-electron chi connectivity index (χ2n) is 4.28. The van der Waals surface area contributed by atoms with E-state index in [-0.39, 0.29) is 0 Å². The van der Waals surface area contributed by atoms with Crippen LogP contribution in [-0.2, 0) is 16.0 Å². The first kappa shape index (κ1) is 13.6. The van der Waals surface area contributed by atoms with Crippen molar-refractivity contribution in [3.05, 3.63) is 65.5 Å². The molecule has 0 aliphatic rings. The van der Waals surface area contributed by atoms with Gasteiger partial charge >= 0.3 is 5.97 Å². The van der Waals surface area contributed by atoms with Gasteiger partial charge in [-0.15, -0.1) is 0 Å². The molecule has 2 aromatic rings. The molecule has 102 valence electrons. The summed E-state index contributed by atoms with van der Waals surface area (Å²) in [6.45, 7) is 0. The van der Waals surface area contributed by atoms with Crippen LogP contribution >= 0.6 is 0 Å². The van der Waals surface area contributed by atoms with Gasteiger partial charge < -0.3 is 15.2 Å². The van der Waals surface area contributed by atoms with Gasteiger partial charge in [-0.1, -0.05) is 30.3 Å². The van der Waals surface area contributed by atoms with E-state index in [4.69, 9.17) is 5.11 Å². The molecule has 2 rings (SSSR count). The van der Waals surface area contributed by atoms with Crippen LogP contribution in [0.15, 0.2) is 48.7 Å². The van der Waals surface area contributed by atoms with Crippen molar-refractivity contribution in [3.63, 3.8) is 0 Å². The third kappa shape index (κ3) is 3.35. The minimum Gasteiger partial charge on any atom is -0.506 e. The predicted octanol–water partition coefficient (Wildman–Crippen LogP) is 2.16. The average Bonchev–Trinajstić information content (AvgIpc) is 2.88. The first-order valence-corrected chi connectivity index (χ1v) is 5.96. The lowest BCUT2D eigenvalue weighted by molar-refractivity contribution is -0.146. The van der Waals surface area contributed by atoms with Gasteiger partial charge in [0.1, 0.15) is 5.76 Å². The number of carboxylic acids is 1. The number of aliphatic hydroxyl groups is 1. The van der Waals surface area contributed by atoms with Gasteiger partial charge in [0, 0.05) is 12.3 Å². The van der Waals surface area contributed by atoms with Gasteiger partial charge in [0.25, 0.3) is 5.78 Å². The summed E-state index contributed by atoms with van der Waals surface area (Å²) in [4.78, 5) is 24.2. The van der Waals surface area contributed by atoms with Gasteiger partial charge in [-0.25, -0.2) is 4.79 Å². The Morgan fingerprint density at radius 3 is 2.45 bits per heavy atom. The number of rotatable bonds is 5. The summed E-state index contributed by atoms with van der Waals surface area (Å²) < 4.78 is 0. The zero-order valence-electron chi connectivity index (χ0n) is 10.5. The number of aromatic nitrogens is 1. The Kier molecular flexibility index (Phi) is 4.00. The summed E-state index contributed by atoms with van der Waals surface area (Å²) in [6, 6.07) is 11.4. The lowest BCUT2D eigenvalue weighted by Gasteiger charge is -1.97. The molecule has 0 saturated carbocycles. The maximum absolute atomic E-state index is 11.0. The number of aromatic amines is 1. The number of hydrogen-bond donors (Lipinski definition) is 3. The van der Waals surface area contributed by atoms with Crippen LogP contribution in [0, 0.1) is 0 Å². The fourth-order valence-corrected chi connectivity index (χ4v) is 1.78. The summed E-state index contributed by atoms with van der Waals surface area (Å²) in [6.07, 6.45) is 3.07. The van der Waals surface area contributed by atoms with Crippen LogP contribution in [0.5, 0.6) is 0 Å². The van der Waals surface area contributed by atoms with Crippen molar-refractivity contribution in [1.29, 1.82) is 0 Å². The number of H-pyrrole nitrogens is 1. The van der Waals surface area contributed by atoms with E-state index in [9.17, 15) is 14.7 Å². The van der Waals surface area contributed by atoms with E-state index in [0.29, 0.717) is 18.2 Å². The van der Waals surface area contributed by atoms with Crippen LogP contribution in [0.4, 0.5) is 0 Å². The van der Waals surface area contributed by atoms with Crippen LogP contribution in [0.25, 0.3) is 5.76 Å². The molecule has 0 radical (unpaired) electrons. The van der Waals surface area contributed by atoms with Gasteiger partial charge in [-0.05, 0) is 23.6 Å². The summed E-state index contributed by atoms with van der Waals surface area (Å²) in [5.74, 6) is -3.16. The minimum absolute atomic E-state index is 0.311. The number of aliphatic carboxylic acids is 1. The number of aliphatic hydroxyl groups excluding tert-OH is 1. The van der Waals surface area contributed by atoms with Crippen LogP contribution < -0.4 is 0 Å². The van der Waals surface area contributed by atoms with E-state index < -0.39 is 17.5 Å². The highest BCUT2D eigenvalue weighted by molar-refractivity contribution is 6.38. The third-order valence-corrected chi connectivity index (χ3v) is 2.75. The average molecular weight is 271 g/mol. The lowest BCUT2D eigenvalue weighted by atomic mass is 10.1. The zero-order chi connectivity index (χ0) is 14.5. The molecule has 0 spiro atoms. The molecular weight excluding hydrogens is 258 g/mol. The first-order valence-electron chi connectivity index (χ1n) is 5.96. The number of benzene rings is 1. The van der Waals surface area contributed by atoms with E-state index in [0.717, 1.165) is 11.1 Å². The molecule has 1 aromatic heterocycles. The van der Waals surface area contributed by atoms with Gasteiger partial charge in [-0.2, -0.15) is 0 Å². The van der Waals surface area contributed by atoms with Crippen molar-refractivity contribution < 1.29 is 19.8 Å². The Bertz CT molecular complexity index is 656. The number of carbonyl (C=O) groups is 2. The van der Waals surface area contributed by atoms with Crippen LogP contribution in [0.2, 0.25) is 0 Å². The van der Waals surface area contributed by atoms with E-state index >= 15 is 0 Å². The van der Waals surface area contributed by atoms with Crippen LogP contribution in [-0.4, -0.2) is 26.9 Å². The van der Waals surface area contributed by atoms with Crippen molar-refractivity contribution >= 4 is 17.5 Å². The maximum atomic E-state index is 11.0. The molecule has 0 amide bonds. The van der Waals surface area contributed by atoms with Crippen LogP contribution in [0.1, 0.15) is 16.8 Å². The second-order valence-corrected chi connectivity index (χ2v) is 4.28. The Morgan fingerprint density at radius 2 is 1.80 bits per heavy atom. The zero-order valence-corrected chi connectivity index (χ0v) is 10.5. The molecule has 1 aromatic carbocycles. The molecule has 0 unspecified atom stereocenters. The quantitative estimate of drug-likeness (QED) is 0.441. The van der Waals surface area contributed by atoms with Crippen molar-refractivity contribution in [2.45, 2.75) is 6.42 Å². The highest BCUT2D eigenvalue weighted by Gasteiger charge is 2.11. The van der Waals surface area contributed by atoms with E-state index in [1.165, 1.54) is 0 Å². The molecule has 0 saturated heterocycles. The molecule has 5 nitrogen and oxygen atoms in total. The van der Waals surface area contributed by atoms with Crippen molar-refractivity contribution in [1.82, 2.24) is 4.98 Å². The Labute approximate surface area is 115 Å². The predicted molar refractivity (Wildman–Crippen MR) is 73.3 cm³/mol. The molecule has 0 bridgehead atoms. The highest BCUT2D eigenvalue weighted by Crippen LogP contribution is 2.15. The largest absolute Gasteiger partial charge is 0.506 e. The molecule has 3 N–H and O–H groups in total. The number of nitrogens with one attached hydrogen (secondary N) is 1. The van der Waals surface area contributed by atoms with Gasteiger partial charge in [0.2, 0.25) is 0 Å². The fourth-order valence-electron chi connectivity index (χ4n) is 1.78. The highest BCUT2D eigenvalue weighted by atomic mass is 16.4. The molecule has 0 fully saturated rings. The molecule has 0 atom stereocenters. The summed E-state index contributed by atoms with van der Waals surface area (Å²) in [7, 11) is 0.